The number of carbonyl (C=O) groups excluding carboxylic acids is 1. The van der Waals surface area contributed by atoms with Gasteiger partial charge in [0.2, 0.25) is 0 Å². The lowest BCUT2D eigenvalue weighted by atomic mass is 10.1. The summed E-state index contributed by atoms with van der Waals surface area (Å²) in [4.78, 5) is 17.8. The number of halogens is 1. The predicted octanol–water partition coefficient (Wildman–Crippen LogP) is 1.89. The van der Waals surface area contributed by atoms with Crippen molar-refractivity contribution in [3.8, 4) is 0 Å². The minimum atomic E-state index is -0.417. The van der Waals surface area contributed by atoms with E-state index in [2.05, 4.69) is 4.98 Å². The average Bonchev–Trinajstić information content (AvgIpc) is 3.11. The lowest BCUT2D eigenvalue weighted by Gasteiger charge is -2.21. The number of amides is 1. The molecule has 0 radical (unpaired) electrons. The molecule has 98 valence electrons. The molecule has 1 aromatic heterocycles. The third kappa shape index (κ3) is 3.00. The van der Waals surface area contributed by atoms with Crippen LogP contribution in [0.3, 0.4) is 0 Å². The van der Waals surface area contributed by atoms with Crippen molar-refractivity contribution in [1.29, 1.82) is 0 Å². The van der Waals surface area contributed by atoms with Crippen molar-refractivity contribution in [3.63, 3.8) is 0 Å². The van der Waals surface area contributed by atoms with Crippen LogP contribution in [0.15, 0.2) is 12.1 Å². The van der Waals surface area contributed by atoms with Crippen molar-refractivity contribution in [2.24, 2.45) is 5.92 Å². The number of aromatic nitrogens is 1. The molecule has 4 nitrogen and oxygen atoms in total. The van der Waals surface area contributed by atoms with Gasteiger partial charge in [0.05, 0.1) is 17.4 Å². The van der Waals surface area contributed by atoms with Gasteiger partial charge in [-0.05, 0) is 37.8 Å². The number of aryl methyl sites for hydroxylation is 1. The van der Waals surface area contributed by atoms with E-state index in [9.17, 15) is 9.90 Å². The highest BCUT2D eigenvalue weighted by Crippen LogP contribution is 2.32. The SMILES string of the molecule is Cc1nc(Cl)ccc1C(=O)N(C)CC(O)C1CC1. The second-order valence-corrected chi connectivity index (χ2v) is 5.24. The summed E-state index contributed by atoms with van der Waals surface area (Å²) in [7, 11) is 1.70. The summed E-state index contributed by atoms with van der Waals surface area (Å²) in [5, 5.41) is 10.2. The minimum absolute atomic E-state index is 0.128. The first-order chi connectivity index (χ1) is 8.49. The largest absolute Gasteiger partial charge is 0.391 e. The molecule has 0 aromatic carbocycles. The van der Waals surface area contributed by atoms with E-state index >= 15 is 0 Å². The standard InChI is InChI=1S/C13H17ClN2O2/c1-8-10(5-6-12(14)15-8)13(18)16(2)7-11(17)9-3-4-9/h5-6,9,11,17H,3-4,7H2,1-2H3. The van der Waals surface area contributed by atoms with Gasteiger partial charge >= 0.3 is 0 Å². The van der Waals surface area contributed by atoms with Gasteiger partial charge in [0, 0.05) is 13.6 Å². The molecule has 1 atom stereocenters. The van der Waals surface area contributed by atoms with Crippen molar-refractivity contribution >= 4 is 17.5 Å². The van der Waals surface area contributed by atoms with Gasteiger partial charge in [0.1, 0.15) is 5.15 Å². The fraction of sp³-hybridized carbons (Fsp3) is 0.538. The Bertz CT molecular complexity index is 460. The molecule has 1 aromatic rings. The number of rotatable bonds is 4. The predicted molar refractivity (Wildman–Crippen MR) is 69.7 cm³/mol. The summed E-state index contributed by atoms with van der Waals surface area (Å²) in [6.45, 7) is 2.12. The zero-order valence-corrected chi connectivity index (χ0v) is 11.3. The van der Waals surface area contributed by atoms with Crippen molar-refractivity contribution in [2.75, 3.05) is 13.6 Å². The van der Waals surface area contributed by atoms with Crippen molar-refractivity contribution in [1.82, 2.24) is 9.88 Å². The topological polar surface area (TPSA) is 53.4 Å². The van der Waals surface area contributed by atoms with E-state index in [1.165, 1.54) is 0 Å². The molecule has 0 aliphatic heterocycles. The lowest BCUT2D eigenvalue weighted by molar-refractivity contribution is 0.0644. The number of aliphatic hydroxyl groups excluding tert-OH is 1. The molecular weight excluding hydrogens is 252 g/mol. The van der Waals surface area contributed by atoms with Gasteiger partial charge in [-0.2, -0.15) is 0 Å². The van der Waals surface area contributed by atoms with E-state index in [4.69, 9.17) is 11.6 Å². The van der Waals surface area contributed by atoms with Crippen LogP contribution in [0.2, 0.25) is 5.15 Å². The molecule has 1 saturated carbocycles. The molecule has 2 rings (SSSR count). The molecule has 1 aliphatic rings. The summed E-state index contributed by atoms with van der Waals surface area (Å²) in [6.07, 6.45) is 1.70. The van der Waals surface area contributed by atoms with Crippen LogP contribution in [-0.4, -0.2) is 40.6 Å². The van der Waals surface area contributed by atoms with E-state index in [0.29, 0.717) is 28.9 Å². The number of carbonyl (C=O) groups is 1. The molecule has 0 spiro atoms. The van der Waals surface area contributed by atoms with Crippen LogP contribution < -0.4 is 0 Å². The van der Waals surface area contributed by atoms with Crippen LogP contribution in [0.5, 0.6) is 0 Å². The Labute approximate surface area is 112 Å². The van der Waals surface area contributed by atoms with E-state index in [0.717, 1.165) is 12.8 Å². The highest BCUT2D eigenvalue weighted by molar-refractivity contribution is 6.29. The maximum absolute atomic E-state index is 12.2. The Morgan fingerprint density at radius 3 is 2.83 bits per heavy atom. The van der Waals surface area contributed by atoms with Crippen molar-refractivity contribution in [3.05, 3.63) is 28.5 Å². The monoisotopic (exact) mass is 268 g/mol. The van der Waals surface area contributed by atoms with Crippen LogP contribution in [0.25, 0.3) is 0 Å². The van der Waals surface area contributed by atoms with Crippen LogP contribution in [0, 0.1) is 12.8 Å². The smallest absolute Gasteiger partial charge is 0.255 e. The molecule has 1 unspecified atom stereocenters. The van der Waals surface area contributed by atoms with E-state index in [-0.39, 0.29) is 5.91 Å². The number of nitrogens with zero attached hydrogens (tertiary/aromatic N) is 2. The molecular formula is C13H17ClN2O2. The Balaban J connectivity index is 2.04. The van der Waals surface area contributed by atoms with Gasteiger partial charge in [-0.15, -0.1) is 0 Å². The fourth-order valence-corrected chi connectivity index (χ4v) is 2.15. The maximum Gasteiger partial charge on any atom is 0.255 e. The molecule has 1 aliphatic carbocycles. The van der Waals surface area contributed by atoms with Gasteiger partial charge in [0.25, 0.3) is 5.91 Å². The summed E-state index contributed by atoms with van der Waals surface area (Å²) in [5.41, 5.74) is 1.14. The van der Waals surface area contributed by atoms with Gasteiger partial charge in [0.15, 0.2) is 0 Å². The number of pyridine rings is 1. The normalized spacial score (nSPS) is 16.4. The zero-order valence-electron chi connectivity index (χ0n) is 10.6. The summed E-state index contributed by atoms with van der Waals surface area (Å²) < 4.78 is 0. The first kappa shape index (κ1) is 13.3. The van der Waals surface area contributed by atoms with Crippen LogP contribution >= 0.6 is 11.6 Å². The molecule has 5 heteroatoms. The maximum atomic E-state index is 12.2. The van der Waals surface area contributed by atoms with E-state index in [1.54, 1.807) is 31.0 Å². The Morgan fingerprint density at radius 1 is 1.61 bits per heavy atom. The molecule has 1 N–H and O–H groups in total. The number of hydrogen-bond donors (Lipinski definition) is 1. The number of hydrogen-bond acceptors (Lipinski definition) is 3. The Kier molecular flexibility index (Phi) is 3.88. The quantitative estimate of drug-likeness (QED) is 0.849. The summed E-state index contributed by atoms with van der Waals surface area (Å²) >= 11 is 5.76. The van der Waals surface area contributed by atoms with Gasteiger partial charge < -0.3 is 10.0 Å². The number of likely N-dealkylation sites (N-methyl/N-ethyl adjacent to an activating group) is 1. The van der Waals surface area contributed by atoms with Crippen LogP contribution in [-0.2, 0) is 0 Å². The molecule has 1 amide bonds. The van der Waals surface area contributed by atoms with Crippen molar-refractivity contribution in [2.45, 2.75) is 25.9 Å². The molecule has 18 heavy (non-hydrogen) atoms. The Morgan fingerprint density at radius 2 is 2.28 bits per heavy atom. The highest BCUT2D eigenvalue weighted by Gasteiger charge is 2.31. The summed E-state index contributed by atoms with van der Waals surface area (Å²) in [5.74, 6) is 0.237. The molecule has 0 saturated heterocycles. The molecule has 1 fully saturated rings. The number of aliphatic hydroxyl groups is 1. The first-order valence-corrected chi connectivity index (χ1v) is 6.43. The molecule has 0 bridgehead atoms. The van der Waals surface area contributed by atoms with Crippen LogP contribution in [0.1, 0.15) is 28.9 Å². The van der Waals surface area contributed by atoms with Crippen molar-refractivity contribution < 1.29 is 9.90 Å². The molecule has 1 heterocycles. The summed E-state index contributed by atoms with van der Waals surface area (Å²) in [6, 6.07) is 3.28. The first-order valence-electron chi connectivity index (χ1n) is 6.05. The van der Waals surface area contributed by atoms with E-state index in [1.807, 2.05) is 0 Å². The van der Waals surface area contributed by atoms with Gasteiger partial charge in [-0.1, -0.05) is 11.6 Å². The van der Waals surface area contributed by atoms with E-state index < -0.39 is 6.10 Å². The van der Waals surface area contributed by atoms with Crippen LogP contribution in [0.4, 0.5) is 0 Å². The second kappa shape index (κ2) is 5.24. The van der Waals surface area contributed by atoms with Gasteiger partial charge in [-0.25, -0.2) is 4.98 Å². The van der Waals surface area contributed by atoms with Gasteiger partial charge in [-0.3, -0.25) is 4.79 Å². The highest BCUT2D eigenvalue weighted by atomic mass is 35.5. The fourth-order valence-electron chi connectivity index (χ4n) is 1.96. The third-order valence-electron chi connectivity index (χ3n) is 3.26. The third-order valence-corrected chi connectivity index (χ3v) is 3.47. The second-order valence-electron chi connectivity index (χ2n) is 4.86. The Hall–Kier alpha value is -1.13. The zero-order chi connectivity index (χ0) is 13.3. The minimum Gasteiger partial charge on any atom is -0.391 e. The lowest BCUT2D eigenvalue weighted by Crippen LogP contribution is -2.35. The average molecular weight is 269 g/mol.